The Morgan fingerprint density at radius 1 is 1.73 bits per heavy atom. The average Bonchev–Trinajstić information content (AvgIpc) is 2.48. The lowest BCUT2D eigenvalue weighted by molar-refractivity contribution is 0.569. The van der Waals surface area contributed by atoms with Gasteiger partial charge in [0.05, 0.1) is 5.69 Å². The predicted molar refractivity (Wildman–Crippen MR) is 43.2 cm³/mol. The van der Waals surface area contributed by atoms with Crippen LogP contribution < -0.4 is 11.1 Å². The zero-order chi connectivity index (χ0) is 8.10. The van der Waals surface area contributed by atoms with Gasteiger partial charge in [0, 0.05) is 13.1 Å². The number of nitrogens with two attached hydrogens (primary N) is 1. The standard InChI is InChI=1S/C7H13N3O/c1-2-3-9-7-10-6(4-8)5-11-7/h5H,2-4,8H2,1H3,(H,9,10). The third-order valence-corrected chi connectivity index (χ3v) is 1.29. The van der Waals surface area contributed by atoms with Crippen molar-refractivity contribution in [2.24, 2.45) is 5.73 Å². The molecule has 0 amide bonds. The van der Waals surface area contributed by atoms with Crippen molar-refractivity contribution in [2.45, 2.75) is 19.9 Å². The Morgan fingerprint density at radius 2 is 2.55 bits per heavy atom. The van der Waals surface area contributed by atoms with Gasteiger partial charge in [-0.1, -0.05) is 6.92 Å². The van der Waals surface area contributed by atoms with E-state index in [1.807, 2.05) is 0 Å². The van der Waals surface area contributed by atoms with E-state index >= 15 is 0 Å². The highest BCUT2D eigenvalue weighted by Gasteiger charge is 1.98. The maximum atomic E-state index is 5.34. The molecule has 1 aromatic heterocycles. The molecule has 0 atom stereocenters. The third-order valence-electron chi connectivity index (χ3n) is 1.29. The molecule has 0 fully saturated rings. The highest BCUT2D eigenvalue weighted by molar-refractivity contribution is 5.20. The Balaban J connectivity index is 2.44. The highest BCUT2D eigenvalue weighted by atomic mass is 16.4. The molecule has 4 heteroatoms. The largest absolute Gasteiger partial charge is 0.432 e. The maximum absolute atomic E-state index is 5.34. The fraction of sp³-hybridized carbons (Fsp3) is 0.571. The van der Waals surface area contributed by atoms with Gasteiger partial charge in [-0.2, -0.15) is 4.98 Å². The molecule has 0 aliphatic heterocycles. The number of rotatable bonds is 4. The first-order valence-electron chi connectivity index (χ1n) is 3.75. The van der Waals surface area contributed by atoms with Crippen LogP contribution in [0.4, 0.5) is 6.01 Å². The van der Waals surface area contributed by atoms with E-state index in [0.29, 0.717) is 12.6 Å². The first kappa shape index (κ1) is 8.07. The predicted octanol–water partition coefficient (Wildman–Crippen LogP) is 0.955. The number of aromatic nitrogens is 1. The summed E-state index contributed by atoms with van der Waals surface area (Å²) in [4.78, 5) is 4.06. The van der Waals surface area contributed by atoms with E-state index in [4.69, 9.17) is 10.2 Å². The summed E-state index contributed by atoms with van der Waals surface area (Å²) in [6.45, 7) is 3.39. The molecule has 0 radical (unpaired) electrons. The first-order chi connectivity index (χ1) is 5.36. The van der Waals surface area contributed by atoms with Gasteiger partial charge in [-0.3, -0.25) is 0 Å². The van der Waals surface area contributed by atoms with Gasteiger partial charge in [0.1, 0.15) is 6.26 Å². The fourth-order valence-electron chi connectivity index (χ4n) is 0.714. The molecular formula is C7H13N3O. The topological polar surface area (TPSA) is 64.1 Å². The zero-order valence-electron chi connectivity index (χ0n) is 6.63. The van der Waals surface area contributed by atoms with E-state index in [1.165, 1.54) is 0 Å². The first-order valence-corrected chi connectivity index (χ1v) is 3.75. The lowest BCUT2D eigenvalue weighted by Gasteiger charge is -1.95. The summed E-state index contributed by atoms with van der Waals surface area (Å²) < 4.78 is 5.06. The Labute approximate surface area is 65.8 Å². The normalized spacial score (nSPS) is 10.0. The lowest BCUT2D eigenvalue weighted by atomic mass is 10.5. The number of anilines is 1. The minimum Gasteiger partial charge on any atom is -0.432 e. The van der Waals surface area contributed by atoms with Gasteiger partial charge in [0.25, 0.3) is 6.01 Å². The quantitative estimate of drug-likeness (QED) is 0.679. The maximum Gasteiger partial charge on any atom is 0.294 e. The molecule has 1 rings (SSSR count). The summed E-state index contributed by atoms with van der Waals surface area (Å²) in [5.41, 5.74) is 6.12. The van der Waals surface area contributed by atoms with Gasteiger partial charge in [-0.05, 0) is 6.42 Å². The van der Waals surface area contributed by atoms with Gasteiger partial charge in [-0.25, -0.2) is 0 Å². The van der Waals surface area contributed by atoms with E-state index in [0.717, 1.165) is 18.7 Å². The SMILES string of the molecule is CCCNc1nc(CN)co1. The molecule has 1 aromatic rings. The monoisotopic (exact) mass is 155 g/mol. The number of oxazole rings is 1. The summed E-state index contributed by atoms with van der Waals surface area (Å²) in [5.74, 6) is 0. The molecular weight excluding hydrogens is 142 g/mol. The molecule has 0 aromatic carbocycles. The Bertz CT molecular complexity index is 209. The molecule has 0 bridgehead atoms. The van der Waals surface area contributed by atoms with Crippen LogP contribution in [0.1, 0.15) is 19.0 Å². The number of nitrogens with zero attached hydrogens (tertiary/aromatic N) is 1. The summed E-state index contributed by atoms with van der Waals surface area (Å²) in [6.07, 6.45) is 2.62. The second kappa shape index (κ2) is 3.98. The van der Waals surface area contributed by atoms with E-state index < -0.39 is 0 Å². The number of hydrogen-bond acceptors (Lipinski definition) is 4. The van der Waals surface area contributed by atoms with Gasteiger partial charge in [0.15, 0.2) is 0 Å². The second-order valence-electron chi connectivity index (χ2n) is 2.27. The second-order valence-corrected chi connectivity index (χ2v) is 2.27. The lowest BCUT2D eigenvalue weighted by Crippen LogP contribution is -2.01. The molecule has 0 aliphatic carbocycles. The molecule has 0 unspecified atom stereocenters. The van der Waals surface area contributed by atoms with E-state index in [9.17, 15) is 0 Å². The summed E-state index contributed by atoms with van der Waals surface area (Å²) in [5, 5.41) is 3.02. The van der Waals surface area contributed by atoms with Crippen molar-refractivity contribution in [1.29, 1.82) is 0 Å². The van der Waals surface area contributed by atoms with Crippen LogP contribution in [0.3, 0.4) is 0 Å². The van der Waals surface area contributed by atoms with Crippen molar-refractivity contribution in [3.63, 3.8) is 0 Å². The van der Waals surface area contributed by atoms with Crippen LogP contribution in [0.25, 0.3) is 0 Å². The summed E-state index contributed by atoms with van der Waals surface area (Å²) in [6, 6.07) is 0.562. The van der Waals surface area contributed by atoms with E-state index in [-0.39, 0.29) is 0 Å². The molecule has 3 N–H and O–H groups in total. The molecule has 0 aliphatic rings. The van der Waals surface area contributed by atoms with Crippen LogP contribution >= 0.6 is 0 Å². The average molecular weight is 155 g/mol. The van der Waals surface area contributed by atoms with Crippen molar-refractivity contribution in [1.82, 2.24) is 4.98 Å². The van der Waals surface area contributed by atoms with Gasteiger partial charge < -0.3 is 15.5 Å². The molecule has 11 heavy (non-hydrogen) atoms. The minimum atomic E-state index is 0.428. The number of nitrogens with one attached hydrogen (secondary N) is 1. The summed E-state index contributed by atoms with van der Waals surface area (Å²) >= 11 is 0. The minimum absolute atomic E-state index is 0.428. The molecule has 4 nitrogen and oxygen atoms in total. The van der Waals surface area contributed by atoms with Crippen LogP contribution in [0, 0.1) is 0 Å². The van der Waals surface area contributed by atoms with Crippen molar-refractivity contribution < 1.29 is 4.42 Å². The highest BCUT2D eigenvalue weighted by Crippen LogP contribution is 2.05. The Hall–Kier alpha value is -1.03. The smallest absolute Gasteiger partial charge is 0.294 e. The molecule has 62 valence electrons. The Kier molecular flexibility index (Phi) is 2.92. The molecule has 1 heterocycles. The van der Waals surface area contributed by atoms with Gasteiger partial charge in [0.2, 0.25) is 0 Å². The van der Waals surface area contributed by atoms with Crippen LogP contribution in [-0.4, -0.2) is 11.5 Å². The van der Waals surface area contributed by atoms with Crippen LogP contribution in [0.2, 0.25) is 0 Å². The van der Waals surface area contributed by atoms with Crippen LogP contribution in [0.15, 0.2) is 10.7 Å². The Morgan fingerprint density at radius 3 is 3.09 bits per heavy atom. The van der Waals surface area contributed by atoms with Crippen molar-refractivity contribution >= 4 is 6.01 Å². The molecule has 0 spiro atoms. The molecule has 0 saturated carbocycles. The van der Waals surface area contributed by atoms with Crippen LogP contribution in [0.5, 0.6) is 0 Å². The van der Waals surface area contributed by atoms with E-state index in [1.54, 1.807) is 6.26 Å². The third kappa shape index (κ3) is 2.23. The van der Waals surface area contributed by atoms with Gasteiger partial charge >= 0.3 is 0 Å². The van der Waals surface area contributed by atoms with Crippen LogP contribution in [-0.2, 0) is 6.54 Å². The van der Waals surface area contributed by atoms with Gasteiger partial charge in [-0.15, -0.1) is 0 Å². The van der Waals surface area contributed by atoms with Crippen molar-refractivity contribution in [3.05, 3.63) is 12.0 Å². The number of hydrogen-bond donors (Lipinski definition) is 2. The van der Waals surface area contributed by atoms with E-state index in [2.05, 4.69) is 17.2 Å². The van der Waals surface area contributed by atoms with Crippen molar-refractivity contribution in [2.75, 3.05) is 11.9 Å². The summed E-state index contributed by atoms with van der Waals surface area (Å²) in [7, 11) is 0. The zero-order valence-corrected chi connectivity index (χ0v) is 6.63. The van der Waals surface area contributed by atoms with Crippen molar-refractivity contribution in [3.8, 4) is 0 Å². The fourth-order valence-corrected chi connectivity index (χ4v) is 0.714. The molecule has 0 saturated heterocycles.